The van der Waals surface area contributed by atoms with Gasteiger partial charge in [0.05, 0.1) is 12.1 Å². The minimum absolute atomic E-state index is 0.0807. The molecule has 0 saturated carbocycles. The highest BCUT2D eigenvalue weighted by Gasteiger charge is 2.46. The Morgan fingerprint density at radius 2 is 1.55 bits per heavy atom. The van der Waals surface area contributed by atoms with E-state index in [1.165, 1.54) is 17.0 Å². The van der Waals surface area contributed by atoms with Gasteiger partial charge in [0.2, 0.25) is 5.91 Å². The standard InChI is InChI=1S/C26H24FN3O3/c1-2-18-10-14-21(15-11-18)28-24(31)16-23-25(32)30(22-6-4-3-5-7-22)26(33)29(23)17-19-8-12-20(27)13-9-19/h3-15,23H,2,16-17H2,1H3,(H,28,31)/t23-/m0/s1. The Balaban J connectivity index is 1.57. The number of amides is 4. The molecule has 1 fully saturated rings. The van der Waals surface area contributed by atoms with Gasteiger partial charge in [-0.1, -0.05) is 49.4 Å². The number of urea groups is 1. The van der Waals surface area contributed by atoms with Crippen LogP contribution in [0.25, 0.3) is 0 Å². The van der Waals surface area contributed by atoms with E-state index in [0.717, 1.165) is 16.9 Å². The summed E-state index contributed by atoms with van der Waals surface area (Å²) >= 11 is 0. The lowest BCUT2D eigenvalue weighted by molar-refractivity contribution is -0.124. The van der Waals surface area contributed by atoms with Gasteiger partial charge >= 0.3 is 6.03 Å². The van der Waals surface area contributed by atoms with Gasteiger partial charge in [-0.15, -0.1) is 0 Å². The van der Waals surface area contributed by atoms with E-state index >= 15 is 0 Å². The molecule has 0 radical (unpaired) electrons. The van der Waals surface area contributed by atoms with Crippen molar-refractivity contribution in [2.75, 3.05) is 10.2 Å². The zero-order valence-electron chi connectivity index (χ0n) is 18.2. The fourth-order valence-electron chi connectivity index (χ4n) is 3.83. The molecule has 1 N–H and O–H groups in total. The van der Waals surface area contributed by atoms with Gasteiger partial charge in [-0.25, -0.2) is 14.1 Å². The van der Waals surface area contributed by atoms with E-state index in [4.69, 9.17) is 0 Å². The number of carbonyl (C=O) groups excluding carboxylic acids is 3. The highest BCUT2D eigenvalue weighted by Crippen LogP contribution is 2.28. The van der Waals surface area contributed by atoms with Gasteiger partial charge in [-0.05, 0) is 53.9 Å². The number of halogens is 1. The molecule has 0 unspecified atom stereocenters. The third kappa shape index (κ3) is 4.92. The number of benzene rings is 3. The SMILES string of the molecule is CCc1ccc(NC(=O)C[C@H]2C(=O)N(c3ccccc3)C(=O)N2Cc2ccc(F)cc2)cc1. The Bertz CT molecular complexity index is 1150. The van der Waals surface area contributed by atoms with Crippen molar-refractivity contribution in [1.82, 2.24) is 4.90 Å². The average molecular weight is 445 g/mol. The number of aryl methyl sites for hydroxylation is 1. The minimum atomic E-state index is -0.974. The molecule has 7 heteroatoms. The molecule has 4 rings (SSSR count). The molecule has 3 aromatic carbocycles. The van der Waals surface area contributed by atoms with Gasteiger partial charge in [0.15, 0.2) is 0 Å². The van der Waals surface area contributed by atoms with Gasteiger partial charge in [-0.3, -0.25) is 9.59 Å². The topological polar surface area (TPSA) is 69.7 Å². The normalized spacial score (nSPS) is 15.8. The zero-order chi connectivity index (χ0) is 23.4. The minimum Gasteiger partial charge on any atom is -0.326 e. The number of nitrogens with zero attached hydrogens (tertiary/aromatic N) is 2. The third-order valence-electron chi connectivity index (χ3n) is 5.62. The van der Waals surface area contributed by atoms with Crippen LogP contribution in [0, 0.1) is 5.82 Å². The highest BCUT2D eigenvalue weighted by atomic mass is 19.1. The lowest BCUT2D eigenvalue weighted by Crippen LogP contribution is -2.37. The molecule has 0 bridgehead atoms. The fraction of sp³-hybridized carbons (Fsp3) is 0.192. The summed E-state index contributed by atoms with van der Waals surface area (Å²) in [7, 11) is 0. The first-order valence-corrected chi connectivity index (χ1v) is 10.8. The van der Waals surface area contributed by atoms with Gasteiger partial charge in [0.25, 0.3) is 5.91 Å². The monoisotopic (exact) mass is 445 g/mol. The molecule has 1 atom stereocenters. The van der Waals surface area contributed by atoms with Crippen LogP contribution in [-0.4, -0.2) is 28.8 Å². The lowest BCUT2D eigenvalue weighted by atomic mass is 10.1. The molecule has 0 spiro atoms. The van der Waals surface area contributed by atoms with Crippen LogP contribution in [0.1, 0.15) is 24.5 Å². The summed E-state index contributed by atoms with van der Waals surface area (Å²) in [5.41, 5.74) is 2.87. The van der Waals surface area contributed by atoms with E-state index in [1.54, 1.807) is 42.5 Å². The van der Waals surface area contributed by atoms with E-state index in [-0.39, 0.29) is 18.9 Å². The maximum Gasteiger partial charge on any atom is 0.332 e. The number of rotatable bonds is 7. The lowest BCUT2D eigenvalue weighted by Gasteiger charge is -2.21. The molecule has 4 amide bonds. The average Bonchev–Trinajstić information content (AvgIpc) is 3.05. The Labute approximate surface area is 191 Å². The van der Waals surface area contributed by atoms with Crippen LogP contribution < -0.4 is 10.2 Å². The van der Waals surface area contributed by atoms with Crippen LogP contribution in [-0.2, 0) is 22.6 Å². The first kappa shape index (κ1) is 22.2. The van der Waals surface area contributed by atoms with Gasteiger partial charge in [-0.2, -0.15) is 0 Å². The van der Waals surface area contributed by atoms with Crippen LogP contribution >= 0.6 is 0 Å². The molecule has 33 heavy (non-hydrogen) atoms. The van der Waals surface area contributed by atoms with E-state index in [0.29, 0.717) is 16.9 Å². The second-order valence-corrected chi connectivity index (χ2v) is 7.86. The van der Waals surface area contributed by atoms with Gasteiger partial charge < -0.3 is 10.2 Å². The van der Waals surface area contributed by atoms with Crippen LogP contribution in [0.5, 0.6) is 0 Å². The summed E-state index contributed by atoms with van der Waals surface area (Å²) in [5.74, 6) is -1.23. The molecule has 168 valence electrons. The van der Waals surface area contributed by atoms with E-state index in [9.17, 15) is 18.8 Å². The summed E-state index contributed by atoms with van der Waals surface area (Å²) in [6.07, 6.45) is 0.700. The van der Waals surface area contributed by atoms with Crippen molar-refractivity contribution in [2.24, 2.45) is 0 Å². The smallest absolute Gasteiger partial charge is 0.326 e. The number of imide groups is 1. The Morgan fingerprint density at radius 3 is 2.18 bits per heavy atom. The first-order valence-electron chi connectivity index (χ1n) is 10.8. The van der Waals surface area contributed by atoms with E-state index in [1.807, 2.05) is 31.2 Å². The van der Waals surface area contributed by atoms with Crippen molar-refractivity contribution in [3.63, 3.8) is 0 Å². The fourth-order valence-corrected chi connectivity index (χ4v) is 3.83. The number of para-hydroxylation sites is 1. The highest BCUT2D eigenvalue weighted by molar-refractivity contribution is 6.22. The number of hydrogen-bond donors (Lipinski definition) is 1. The molecule has 6 nitrogen and oxygen atoms in total. The molecule has 1 heterocycles. The maximum absolute atomic E-state index is 13.3. The molecule has 1 aliphatic heterocycles. The molecule has 1 aliphatic rings. The summed E-state index contributed by atoms with van der Waals surface area (Å²) < 4.78 is 13.3. The van der Waals surface area contributed by atoms with Crippen LogP contribution in [0.15, 0.2) is 78.9 Å². The molecule has 1 saturated heterocycles. The summed E-state index contributed by atoms with van der Waals surface area (Å²) in [6, 6.07) is 20.3. The van der Waals surface area contributed by atoms with Gasteiger partial charge in [0, 0.05) is 12.2 Å². The van der Waals surface area contributed by atoms with Crippen molar-refractivity contribution >= 4 is 29.2 Å². The quantitative estimate of drug-likeness (QED) is 0.534. The molecular weight excluding hydrogens is 421 g/mol. The van der Waals surface area contributed by atoms with E-state index in [2.05, 4.69) is 5.32 Å². The van der Waals surface area contributed by atoms with Crippen molar-refractivity contribution in [3.05, 3.63) is 95.8 Å². The van der Waals surface area contributed by atoms with Crippen LogP contribution in [0.4, 0.5) is 20.6 Å². The Hall–Kier alpha value is -4.00. The largest absolute Gasteiger partial charge is 0.332 e. The summed E-state index contributed by atoms with van der Waals surface area (Å²) in [5, 5.41) is 2.80. The number of nitrogens with one attached hydrogen (secondary N) is 1. The predicted molar refractivity (Wildman–Crippen MR) is 124 cm³/mol. The van der Waals surface area contributed by atoms with Gasteiger partial charge in [0.1, 0.15) is 11.9 Å². The first-order chi connectivity index (χ1) is 16.0. The molecule has 0 aromatic heterocycles. The number of carbonyl (C=O) groups is 3. The molecule has 0 aliphatic carbocycles. The molecule has 3 aromatic rings. The third-order valence-corrected chi connectivity index (χ3v) is 5.62. The van der Waals surface area contributed by atoms with Crippen molar-refractivity contribution < 1.29 is 18.8 Å². The Morgan fingerprint density at radius 1 is 0.909 bits per heavy atom. The Kier molecular flexibility index (Phi) is 6.49. The van der Waals surface area contributed by atoms with Crippen LogP contribution in [0.2, 0.25) is 0 Å². The predicted octanol–water partition coefficient (Wildman–Crippen LogP) is 4.75. The van der Waals surface area contributed by atoms with Crippen molar-refractivity contribution in [1.29, 1.82) is 0 Å². The zero-order valence-corrected chi connectivity index (χ0v) is 18.2. The second-order valence-electron chi connectivity index (χ2n) is 7.86. The summed E-state index contributed by atoms with van der Waals surface area (Å²) in [4.78, 5) is 41.7. The van der Waals surface area contributed by atoms with Crippen molar-refractivity contribution in [3.8, 4) is 0 Å². The second kappa shape index (κ2) is 9.65. The maximum atomic E-state index is 13.3. The van der Waals surface area contributed by atoms with Crippen LogP contribution in [0.3, 0.4) is 0 Å². The summed E-state index contributed by atoms with van der Waals surface area (Å²) in [6.45, 7) is 2.13. The van der Waals surface area contributed by atoms with Crippen molar-refractivity contribution in [2.45, 2.75) is 32.4 Å². The number of hydrogen-bond acceptors (Lipinski definition) is 3. The molecular formula is C26H24FN3O3. The number of anilines is 2. The van der Waals surface area contributed by atoms with E-state index < -0.39 is 23.8 Å².